The summed E-state index contributed by atoms with van der Waals surface area (Å²) in [6.45, 7) is 5.26. The summed E-state index contributed by atoms with van der Waals surface area (Å²) in [6.07, 6.45) is 1.95. The zero-order valence-electron chi connectivity index (χ0n) is 13.2. The molecule has 124 valence electrons. The molecule has 1 rings (SSSR count). The lowest BCUT2D eigenvalue weighted by molar-refractivity contribution is -0.134. The number of para-hydroxylation sites is 1. The number of carbonyl (C=O) groups excluding carboxylic acids is 1. The van der Waals surface area contributed by atoms with Gasteiger partial charge in [-0.1, -0.05) is 19.4 Å². The third kappa shape index (κ3) is 6.78. The third-order valence-corrected chi connectivity index (χ3v) is 2.76. The van der Waals surface area contributed by atoms with Crippen molar-refractivity contribution in [1.82, 2.24) is 0 Å². The van der Waals surface area contributed by atoms with Gasteiger partial charge in [0, 0.05) is 13.0 Å². The van der Waals surface area contributed by atoms with Crippen molar-refractivity contribution >= 4 is 5.97 Å². The SMILES string of the molecule is CCCCC(=O)Oc1c(O)cccc1OCCOCOCC. The van der Waals surface area contributed by atoms with Crippen molar-refractivity contribution in [3.8, 4) is 17.2 Å². The first-order valence-corrected chi connectivity index (χ1v) is 7.50. The van der Waals surface area contributed by atoms with Crippen molar-refractivity contribution in [2.75, 3.05) is 26.6 Å². The Morgan fingerprint density at radius 2 is 2.00 bits per heavy atom. The Morgan fingerprint density at radius 1 is 1.18 bits per heavy atom. The molecular formula is C16H24O6. The highest BCUT2D eigenvalue weighted by Crippen LogP contribution is 2.36. The molecular weight excluding hydrogens is 288 g/mol. The lowest BCUT2D eigenvalue weighted by Gasteiger charge is -2.13. The second kappa shape index (κ2) is 10.9. The molecule has 0 spiro atoms. The van der Waals surface area contributed by atoms with Crippen LogP contribution in [-0.4, -0.2) is 37.7 Å². The second-order valence-electron chi connectivity index (χ2n) is 4.55. The summed E-state index contributed by atoms with van der Waals surface area (Å²) in [5.41, 5.74) is 0. The summed E-state index contributed by atoms with van der Waals surface area (Å²) >= 11 is 0. The molecule has 0 saturated heterocycles. The highest BCUT2D eigenvalue weighted by molar-refractivity contribution is 5.74. The van der Waals surface area contributed by atoms with Crippen LogP contribution in [0.2, 0.25) is 0 Å². The van der Waals surface area contributed by atoms with Gasteiger partial charge in [-0.05, 0) is 25.5 Å². The van der Waals surface area contributed by atoms with Crippen LogP contribution in [0.4, 0.5) is 0 Å². The van der Waals surface area contributed by atoms with Gasteiger partial charge < -0.3 is 24.1 Å². The Balaban J connectivity index is 2.51. The van der Waals surface area contributed by atoms with Crippen LogP contribution in [0.5, 0.6) is 17.2 Å². The summed E-state index contributed by atoms with van der Waals surface area (Å²) in [5.74, 6) is -0.156. The van der Waals surface area contributed by atoms with Gasteiger partial charge in [-0.15, -0.1) is 0 Å². The van der Waals surface area contributed by atoms with E-state index in [1.165, 1.54) is 6.07 Å². The molecule has 0 bridgehead atoms. The van der Waals surface area contributed by atoms with Gasteiger partial charge in [0.2, 0.25) is 5.75 Å². The number of phenolic OH excluding ortho intramolecular Hbond substituents is 1. The van der Waals surface area contributed by atoms with Gasteiger partial charge in [0.05, 0.1) is 6.61 Å². The topological polar surface area (TPSA) is 74.2 Å². The zero-order chi connectivity index (χ0) is 16.2. The standard InChI is InChI=1S/C16H24O6/c1-3-5-9-15(18)22-16-13(17)7-6-8-14(16)21-11-10-20-12-19-4-2/h6-8,17H,3-5,9-12H2,1-2H3. The fourth-order valence-electron chi connectivity index (χ4n) is 1.62. The second-order valence-corrected chi connectivity index (χ2v) is 4.55. The van der Waals surface area contributed by atoms with Crippen molar-refractivity contribution < 1.29 is 28.8 Å². The highest BCUT2D eigenvalue weighted by atomic mass is 16.7. The van der Waals surface area contributed by atoms with Crippen molar-refractivity contribution in [2.24, 2.45) is 0 Å². The molecule has 0 atom stereocenters. The summed E-state index contributed by atoms with van der Waals surface area (Å²) in [5, 5.41) is 9.83. The number of carbonyl (C=O) groups is 1. The van der Waals surface area contributed by atoms with Crippen molar-refractivity contribution in [2.45, 2.75) is 33.1 Å². The van der Waals surface area contributed by atoms with Crippen LogP contribution in [0.15, 0.2) is 18.2 Å². The van der Waals surface area contributed by atoms with Gasteiger partial charge in [0.1, 0.15) is 13.4 Å². The minimum atomic E-state index is -0.388. The molecule has 0 radical (unpaired) electrons. The normalized spacial score (nSPS) is 10.5. The number of unbranched alkanes of at least 4 members (excludes halogenated alkanes) is 1. The van der Waals surface area contributed by atoms with E-state index in [-0.39, 0.29) is 30.9 Å². The molecule has 0 aliphatic carbocycles. The van der Waals surface area contributed by atoms with E-state index in [2.05, 4.69) is 0 Å². The zero-order valence-corrected chi connectivity index (χ0v) is 13.2. The molecule has 0 aliphatic rings. The lowest BCUT2D eigenvalue weighted by Crippen LogP contribution is -2.12. The van der Waals surface area contributed by atoms with Gasteiger partial charge in [-0.3, -0.25) is 4.79 Å². The maximum Gasteiger partial charge on any atom is 0.311 e. The molecule has 1 N–H and O–H groups in total. The molecule has 6 nitrogen and oxygen atoms in total. The number of phenols is 1. The van der Waals surface area contributed by atoms with Crippen LogP contribution >= 0.6 is 0 Å². The first-order chi connectivity index (χ1) is 10.7. The largest absolute Gasteiger partial charge is 0.504 e. The highest BCUT2D eigenvalue weighted by Gasteiger charge is 2.14. The van der Waals surface area contributed by atoms with E-state index in [0.717, 1.165) is 12.8 Å². The van der Waals surface area contributed by atoms with Crippen molar-refractivity contribution in [3.05, 3.63) is 18.2 Å². The van der Waals surface area contributed by atoms with E-state index in [4.69, 9.17) is 18.9 Å². The molecule has 0 fully saturated rings. The Labute approximate surface area is 130 Å². The number of hydrogen-bond acceptors (Lipinski definition) is 6. The summed E-state index contributed by atoms with van der Waals surface area (Å²) in [6, 6.07) is 4.70. The average molecular weight is 312 g/mol. The van der Waals surface area contributed by atoms with Gasteiger partial charge in [0.25, 0.3) is 0 Å². The number of esters is 1. The van der Waals surface area contributed by atoms with E-state index in [0.29, 0.717) is 25.4 Å². The van der Waals surface area contributed by atoms with Crippen LogP contribution in [0.3, 0.4) is 0 Å². The number of ether oxygens (including phenoxy) is 4. The van der Waals surface area contributed by atoms with Crippen LogP contribution in [0.25, 0.3) is 0 Å². The van der Waals surface area contributed by atoms with E-state index < -0.39 is 0 Å². The molecule has 0 amide bonds. The Kier molecular flexibility index (Phi) is 9.02. The monoisotopic (exact) mass is 312 g/mol. The average Bonchev–Trinajstić information content (AvgIpc) is 2.51. The fourth-order valence-corrected chi connectivity index (χ4v) is 1.62. The van der Waals surface area contributed by atoms with E-state index >= 15 is 0 Å². The van der Waals surface area contributed by atoms with Gasteiger partial charge in [-0.2, -0.15) is 0 Å². The van der Waals surface area contributed by atoms with E-state index in [9.17, 15) is 9.90 Å². The smallest absolute Gasteiger partial charge is 0.311 e. The maximum absolute atomic E-state index is 11.7. The van der Waals surface area contributed by atoms with Gasteiger partial charge in [0.15, 0.2) is 11.5 Å². The quantitative estimate of drug-likeness (QED) is 0.293. The first kappa shape index (κ1) is 18.3. The van der Waals surface area contributed by atoms with Crippen LogP contribution in [0.1, 0.15) is 33.1 Å². The third-order valence-electron chi connectivity index (χ3n) is 2.76. The van der Waals surface area contributed by atoms with E-state index in [1.807, 2.05) is 13.8 Å². The molecule has 22 heavy (non-hydrogen) atoms. The van der Waals surface area contributed by atoms with Crippen LogP contribution in [-0.2, 0) is 14.3 Å². The number of benzene rings is 1. The Bertz CT molecular complexity index is 446. The van der Waals surface area contributed by atoms with Crippen molar-refractivity contribution in [3.63, 3.8) is 0 Å². The Hall–Kier alpha value is -1.79. The molecule has 0 unspecified atom stereocenters. The number of hydrogen-bond donors (Lipinski definition) is 1. The molecule has 0 saturated carbocycles. The Morgan fingerprint density at radius 3 is 2.73 bits per heavy atom. The van der Waals surface area contributed by atoms with Crippen molar-refractivity contribution in [1.29, 1.82) is 0 Å². The van der Waals surface area contributed by atoms with Gasteiger partial charge in [-0.25, -0.2) is 0 Å². The predicted molar refractivity (Wildman–Crippen MR) is 81.2 cm³/mol. The molecule has 0 aromatic heterocycles. The molecule has 0 heterocycles. The maximum atomic E-state index is 11.7. The predicted octanol–water partition coefficient (Wildman–Crippen LogP) is 2.88. The fraction of sp³-hybridized carbons (Fsp3) is 0.562. The van der Waals surface area contributed by atoms with E-state index in [1.54, 1.807) is 12.1 Å². The minimum Gasteiger partial charge on any atom is -0.504 e. The first-order valence-electron chi connectivity index (χ1n) is 7.50. The van der Waals surface area contributed by atoms with Crippen LogP contribution < -0.4 is 9.47 Å². The summed E-state index contributed by atoms with van der Waals surface area (Å²) in [4.78, 5) is 11.7. The molecule has 1 aromatic rings. The molecule has 6 heteroatoms. The van der Waals surface area contributed by atoms with Gasteiger partial charge >= 0.3 is 5.97 Å². The number of rotatable bonds is 11. The molecule has 0 aliphatic heterocycles. The summed E-state index contributed by atoms with van der Waals surface area (Å²) in [7, 11) is 0. The lowest BCUT2D eigenvalue weighted by atomic mass is 10.2. The number of aromatic hydroxyl groups is 1. The molecule has 1 aromatic carbocycles. The van der Waals surface area contributed by atoms with Crippen LogP contribution in [0, 0.1) is 0 Å². The minimum absolute atomic E-state index is 0.0495. The summed E-state index contributed by atoms with van der Waals surface area (Å²) < 4.78 is 20.9.